The van der Waals surface area contributed by atoms with Crippen molar-refractivity contribution in [2.75, 3.05) is 6.54 Å². The SMILES string of the molecule is O=C(CCCN1C(=O)/C(=C/C=C/c2ccccc2)SC1=S)Cc1ccccn1. The maximum absolute atomic E-state index is 12.5. The van der Waals surface area contributed by atoms with Crippen molar-refractivity contribution in [2.45, 2.75) is 19.3 Å². The van der Waals surface area contributed by atoms with Crippen molar-refractivity contribution in [3.8, 4) is 0 Å². The lowest BCUT2D eigenvalue weighted by atomic mass is 10.1. The average molecular weight is 409 g/mol. The zero-order valence-corrected chi connectivity index (χ0v) is 16.9. The smallest absolute Gasteiger partial charge is 0.266 e. The highest BCUT2D eigenvalue weighted by Gasteiger charge is 2.31. The number of amides is 1. The molecule has 1 aromatic carbocycles. The van der Waals surface area contributed by atoms with Crippen LogP contribution in [0.25, 0.3) is 6.08 Å². The van der Waals surface area contributed by atoms with Crippen LogP contribution in [0.3, 0.4) is 0 Å². The topological polar surface area (TPSA) is 50.3 Å². The Labute approximate surface area is 174 Å². The second-order valence-electron chi connectivity index (χ2n) is 6.27. The first-order valence-electron chi connectivity index (χ1n) is 9.02. The summed E-state index contributed by atoms with van der Waals surface area (Å²) >= 11 is 6.63. The van der Waals surface area contributed by atoms with Gasteiger partial charge in [-0.3, -0.25) is 19.5 Å². The minimum absolute atomic E-state index is 0.0927. The molecule has 0 N–H and O–H groups in total. The van der Waals surface area contributed by atoms with Crippen LogP contribution in [0, 0.1) is 0 Å². The highest BCUT2D eigenvalue weighted by molar-refractivity contribution is 8.26. The minimum atomic E-state index is -0.0927. The number of nitrogens with zero attached hydrogens (tertiary/aromatic N) is 2. The molecule has 0 atom stereocenters. The number of thioether (sulfide) groups is 1. The minimum Gasteiger partial charge on any atom is -0.299 e. The van der Waals surface area contributed by atoms with Crippen LogP contribution in [-0.2, 0) is 16.0 Å². The Balaban J connectivity index is 1.49. The van der Waals surface area contributed by atoms with E-state index >= 15 is 0 Å². The Hall–Kier alpha value is -2.57. The molecule has 1 aliphatic heterocycles. The van der Waals surface area contributed by atoms with E-state index in [0.717, 1.165) is 11.3 Å². The Morgan fingerprint density at radius 3 is 2.68 bits per heavy atom. The van der Waals surface area contributed by atoms with E-state index < -0.39 is 0 Å². The highest BCUT2D eigenvalue weighted by atomic mass is 32.2. The Morgan fingerprint density at radius 2 is 1.93 bits per heavy atom. The van der Waals surface area contributed by atoms with Gasteiger partial charge in [-0.2, -0.15) is 0 Å². The number of hydrogen-bond acceptors (Lipinski definition) is 5. The predicted molar refractivity (Wildman–Crippen MR) is 118 cm³/mol. The maximum Gasteiger partial charge on any atom is 0.266 e. The first kappa shape index (κ1) is 20.2. The molecule has 28 heavy (non-hydrogen) atoms. The zero-order chi connectivity index (χ0) is 19.8. The summed E-state index contributed by atoms with van der Waals surface area (Å²) in [6.45, 7) is 0.457. The van der Waals surface area contributed by atoms with Crippen LogP contribution in [0.4, 0.5) is 0 Å². The molecule has 1 aliphatic rings. The summed E-state index contributed by atoms with van der Waals surface area (Å²) in [5.41, 5.74) is 1.84. The van der Waals surface area contributed by atoms with Gasteiger partial charge >= 0.3 is 0 Å². The fourth-order valence-corrected chi connectivity index (χ4v) is 4.01. The predicted octanol–water partition coefficient (Wildman–Crippen LogP) is 4.43. The van der Waals surface area contributed by atoms with Crippen molar-refractivity contribution >= 4 is 46.1 Å². The number of thiocarbonyl (C=S) groups is 1. The van der Waals surface area contributed by atoms with Crippen molar-refractivity contribution < 1.29 is 9.59 Å². The first-order chi connectivity index (χ1) is 13.6. The van der Waals surface area contributed by atoms with E-state index in [1.54, 1.807) is 17.2 Å². The molecule has 1 amide bonds. The first-order valence-corrected chi connectivity index (χ1v) is 10.2. The number of carbonyl (C=O) groups excluding carboxylic acids is 2. The van der Waals surface area contributed by atoms with Crippen LogP contribution in [0.15, 0.2) is 71.8 Å². The molecule has 3 rings (SSSR count). The molecule has 4 nitrogen and oxygen atoms in total. The third-order valence-electron chi connectivity index (χ3n) is 4.15. The lowest BCUT2D eigenvalue weighted by molar-refractivity contribution is -0.123. The molecule has 0 bridgehead atoms. The van der Waals surface area contributed by atoms with Gasteiger partial charge in [0.2, 0.25) is 0 Å². The van der Waals surface area contributed by atoms with Gasteiger partial charge in [0.25, 0.3) is 5.91 Å². The summed E-state index contributed by atoms with van der Waals surface area (Å²) in [4.78, 5) is 31.0. The van der Waals surface area contributed by atoms with Crippen molar-refractivity contribution in [3.63, 3.8) is 0 Å². The summed E-state index contributed by atoms with van der Waals surface area (Å²) in [5, 5.41) is 0. The van der Waals surface area contributed by atoms with Gasteiger partial charge in [-0.15, -0.1) is 0 Å². The van der Waals surface area contributed by atoms with Crippen molar-refractivity contribution in [2.24, 2.45) is 0 Å². The number of hydrogen-bond donors (Lipinski definition) is 0. The van der Waals surface area contributed by atoms with Crippen molar-refractivity contribution in [1.82, 2.24) is 9.88 Å². The quantitative estimate of drug-likeness (QED) is 0.478. The Morgan fingerprint density at radius 1 is 1.14 bits per heavy atom. The fraction of sp³-hybridized carbons (Fsp3) is 0.182. The number of rotatable bonds is 8. The van der Waals surface area contributed by atoms with Crippen molar-refractivity contribution in [1.29, 1.82) is 0 Å². The molecule has 1 saturated heterocycles. The molecular formula is C22H20N2O2S2. The largest absolute Gasteiger partial charge is 0.299 e. The lowest BCUT2D eigenvalue weighted by Crippen LogP contribution is -2.29. The molecule has 0 saturated carbocycles. The molecule has 0 unspecified atom stereocenters. The summed E-state index contributed by atoms with van der Waals surface area (Å²) in [6, 6.07) is 15.4. The van der Waals surface area contributed by atoms with Gasteiger partial charge in [0, 0.05) is 31.3 Å². The molecule has 0 aliphatic carbocycles. The zero-order valence-electron chi connectivity index (χ0n) is 15.3. The molecule has 142 valence electrons. The summed E-state index contributed by atoms with van der Waals surface area (Å²) in [5.74, 6) is 0.0235. The van der Waals surface area contributed by atoms with Crippen LogP contribution in [0.1, 0.15) is 24.1 Å². The van der Waals surface area contributed by atoms with Gasteiger partial charge in [-0.1, -0.05) is 72.5 Å². The average Bonchev–Trinajstić information content (AvgIpc) is 2.97. The third-order valence-corrected chi connectivity index (χ3v) is 5.55. The maximum atomic E-state index is 12.5. The van der Waals surface area contributed by atoms with Crippen LogP contribution < -0.4 is 0 Å². The molecule has 1 aromatic heterocycles. The van der Waals surface area contributed by atoms with E-state index in [1.165, 1.54) is 11.8 Å². The summed E-state index contributed by atoms with van der Waals surface area (Å²) in [7, 11) is 0. The van der Waals surface area contributed by atoms with Gasteiger partial charge in [-0.05, 0) is 30.2 Å². The number of aromatic nitrogens is 1. The number of benzene rings is 1. The number of pyridine rings is 1. The van der Waals surface area contributed by atoms with E-state index in [-0.39, 0.29) is 11.7 Å². The number of ketones is 1. The van der Waals surface area contributed by atoms with E-state index in [4.69, 9.17) is 12.2 Å². The van der Waals surface area contributed by atoms with Gasteiger partial charge in [0.15, 0.2) is 0 Å². The Bertz CT molecular complexity index is 909. The van der Waals surface area contributed by atoms with Gasteiger partial charge < -0.3 is 0 Å². The van der Waals surface area contributed by atoms with Crippen LogP contribution in [0.2, 0.25) is 0 Å². The lowest BCUT2D eigenvalue weighted by Gasteiger charge is -2.13. The van der Waals surface area contributed by atoms with Gasteiger partial charge in [0.05, 0.1) is 4.91 Å². The standard InChI is InChI=1S/C22H20N2O2S2/c25-19(16-18-11-4-5-14-23-18)12-7-15-24-21(26)20(28-22(24)27)13-6-10-17-8-2-1-3-9-17/h1-6,8-11,13-14H,7,12,15-16H2/b10-6+,20-13-. The molecule has 0 radical (unpaired) electrons. The second-order valence-corrected chi connectivity index (χ2v) is 7.94. The van der Waals surface area contributed by atoms with E-state index in [0.29, 0.717) is 35.0 Å². The summed E-state index contributed by atoms with van der Waals surface area (Å²) < 4.78 is 0.543. The highest BCUT2D eigenvalue weighted by Crippen LogP contribution is 2.31. The molecule has 6 heteroatoms. The fourth-order valence-electron chi connectivity index (χ4n) is 2.75. The van der Waals surface area contributed by atoms with Crippen LogP contribution in [0.5, 0.6) is 0 Å². The van der Waals surface area contributed by atoms with E-state index in [1.807, 2.05) is 60.7 Å². The monoisotopic (exact) mass is 408 g/mol. The third kappa shape index (κ3) is 5.71. The number of Topliss-reactive ketones (excluding diaryl/α,β-unsaturated/α-hetero) is 1. The molecule has 1 fully saturated rings. The Kier molecular flexibility index (Phi) is 7.28. The number of carbonyl (C=O) groups is 2. The number of allylic oxidation sites excluding steroid dienone is 2. The van der Waals surface area contributed by atoms with Crippen LogP contribution >= 0.6 is 24.0 Å². The molecule has 0 spiro atoms. The van der Waals surface area contributed by atoms with E-state index in [9.17, 15) is 9.59 Å². The molecule has 2 aromatic rings. The summed E-state index contributed by atoms with van der Waals surface area (Å²) in [6.07, 6.45) is 8.59. The van der Waals surface area contributed by atoms with Gasteiger partial charge in [-0.25, -0.2) is 0 Å². The molecule has 2 heterocycles. The van der Waals surface area contributed by atoms with Crippen molar-refractivity contribution in [3.05, 3.63) is 83.0 Å². The second kappa shape index (κ2) is 10.1. The van der Waals surface area contributed by atoms with Gasteiger partial charge in [0.1, 0.15) is 10.1 Å². The molecular weight excluding hydrogens is 388 g/mol. The normalized spacial score (nSPS) is 15.7. The van der Waals surface area contributed by atoms with E-state index in [2.05, 4.69) is 4.98 Å². The van der Waals surface area contributed by atoms with Crippen LogP contribution in [-0.4, -0.2) is 32.4 Å².